The predicted octanol–water partition coefficient (Wildman–Crippen LogP) is 2.21. The highest BCUT2D eigenvalue weighted by Gasteiger charge is 2.09. The van der Waals surface area contributed by atoms with E-state index >= 15 is 0 Å². The summed E-state index contributed by atoms with van der Waals surface area (Å²) in [5.41, 5.74) is 0.999. The number of rotatable bonds is 3. The molecule has 4 nitrogen and oxygen atoms in total. The maximum Gasteiger partial charge on any atom is 0.259 e. The summed E-state index contributed by atoms with van der Waals surface area (Å²) in [5.74, 6) is -0.216. The van der Waals surface area contributed by atoms with Gasteiger partial charge in [0, 0.05) is 0 Å². The van der Waals surface area contributed by atoms with Crippen molar-refractivity contribution in [3.8, 4) is 11.6 Å². The fourth-order valence-corrected chi connectivity index (χ4v) is 1.28. The minimum atomic E-state index is -0.571. The molecule has 1 aromatic heterocycles. The average Bonchev–Trinajstić information content (AvgIpc) is 2.36. The monoisotopic (exact) mass is 234 g/mol. The fourth-order valence-electron chi connectivity index (χ4n) is 1.28. The summed E-state index contributed by atoms with van der Waals surface area (Å²) in [4.78, 5) is 7.43. The van der Waals surface area contributed by atoms with Gasteiger partial charge in [-0.05, 0) is 24.6 Å². The molecule has 0 saturated carbocycles. The molecular formula is C12H11FN2O2. The second kappa shape index (κ2) is 4.88. The molecule has 0 aliphatic heterocycles. The molecule has 0 fully saturated rings. The number of nitrogens with zero attached hydrogens (tertiary/aromatic N) is 2. The number of benzene rings is 1. The lowest BCUT2D eigenvalue weighted by atomic mass is 10.2. The molecule has 2 aromatic rings. The minimum absolute atomic E-state index is 0.0404. The van der Waals surface area contributed by atoms with E-state index in [2.05, 4.69) is 9.97 Å². The SMILES string of the molecule is Cc1ncnc(Oc2ccc(CO)cc2)c1F. The van der Waals surface area contributed by atoms with Crippen LogP contribution in [0, 0.1) is 12.7 Å². The first-order chi connectivity index (χ1) is 8.20. The van der Waals surface area contributed by atoms with Crippen LogP contribution in [0.25, 0.3) is 0 Å². The van der Waals surface area contributed by atoms with Crippen molar-refractivity contribution < 1.29 is 14.2 Å². The van der Waals surface area contributed by atoms with Crippen molar-refractivity contribution in [3.05, 3.63) is 47.7 Å². The molecule has 0 bridgehead atoms. The molecule has 17 heavy (non-hydrogen) atoms. The van der Waals surface area contributed by atoms with Crippen molar-refractivity contribution in [2.45, 2.75) is 13.5 Å². The average molecular weight is 234 g/mol. The van der Waals surface area contributed by atoms with E-state index in [1.54, 1.807) is 31.2 Å². The summed E-state index contributed by atoms with van der Waals surface area (Å²) in [6.07, 6.45) is 1.25. The number of halogens is 1. The van der Waals surface area contributed by atoms with E-state index in [0.29, 0.717) is 5.75 Å². The van der Waals surface area contributed by atoms with E-state index < -0.39 is 5.82 Å². The summed E-state index contributed by atoms with van der Waals surface area (Å²) < 4.78 is 18.8. The van der Waals surface area contributed by atoms with E-state index in [-0.39, 0.29) is 18.2 Å². The lowest BCUT2D eigenvalue weighted by Gasteiger charge is -2.06. The third-order valence-electron chi connectivity index (χ3n) is 2.25. The molecule has 0 saturated heterocycles. The third-order valence-corrected chi connectivity index (χ3v) is 2.25. The maximum atomic E-state index is 13.5. The molecule has 0 unspecified atom stereocenters. The van der Waals surface area contributed by atoms with E-state index in [0.717, 1.165) is 5.56 Å². The van der Waals surface area contributed by atoms with Crippen molar-refractivity contribution >= 4 is 0 Å². The zero-order valence-corrected chi connectivity index (χ0v) is 9.22. The van der Waals surface area contributed by atoms with Gasteiger partial charge in [-0.3, -0.25) is 0 Å². The normalized spacial score (nSPS) is 10.3. The molecule has 88 valence electrons. The minimum Gasteiger partial charge on any atom is -0.436 e. The summed E-state index contributed by atoms with van der Waals surface area (Å²) in [7, 11) is 0. The van der Waals surface area contributed by atoms with Crippen LogP contribution >= 0.6 is 0 Å². The molecule has 5 heteroatoms. The zero-order valence-electron chi connectivity index (χ0n) is 9.22. The van der Waals surface area contributed by atoms with Gasteiger partial charge in [0.1, 0.15) is 12.1 Å². The van der Waals surface area contributed by atoms with Crippen molar-refractivity contribution in [3.63, 3.8) is 0 Å². The Hall–Kier alpha value is -2.01. The van der Waals surface area contributed by atoms with Crippen LogP contribution in [-0.4, -0.2) is 15.1 Å². The van der Waals surface area contributed by atoms with Gasteiger partial charge in [-0.25, -0.2) is 4.98 Å². The Morgan fingerprint density at radius 1 is 1.24 bits per heavy atom. The van der Waals surface area contributed by atoms with Crippen LogP contribution in [0.3, 0.4) is 0 Å². The molecular weight excluding hydrogens is 223 g/mol. The smallest absolute Gasteiger partial charge is 0.259 e. The third kappa shape index (κ3) is 2.57. The van der Waals surface area contributed by atoms with Gasteiger partial charge in [0.2, 0.25) is 5.82 Å². The van der Waals surface area contributed by atoms with E-state index in [4.69, 9.17) is 9.84 Å². The van der Waals surface area contributed by atoms with E-state index in [9.17, 15) is 4.39 Å². The topological polar surface area (TPSA) is 55.2 Å². The molecule has 0 aliphatic rings. The standard InChI is InChI=1S/C12H11FN2O2/c1-8-11(13)12(15-7-14-8)17-10-4-2-9(6-16)3-5-10/h2-5,7,16H,6H2,1H3. The molecule has 0 spiro atoms. The van der Waals surface area contributed by atoms with Gasteiger partial charge >= 0.3 is 0 Å². The number of ether oxygens (including phenoxy) is 1. The Morgan fingerprint density at radius 2 is 1.94 bits per heavy atom. The highest BCUT2D eigenvalue weighted by atomic mass is 19.1. The molecule has 1 heterocycles. The zero-order chi connectivity index (χ0) is 12.3. The quantitative estimate of drug-likeness (QED) is 0.884. The Morgan fingerprint density at radius 3 is 2.59 bits per heavy atom. The predicted molar refractivity (Wildman–Crippen MR) is 59.2 cm³/mol. The van der Waals surface area contributed by atoms with Crippen molar-refractivity contribution in [2.24, 2.45) is 0 Å². The van der Waals surface area contributed by atoms with Crippen molar-refractivity contribution in [1.29, 1.82) is 0 Å². The van der Waals surface area contributed by atoms with Gasteiger partial charge in [0.05, 0.1) is 12.3 Å². The van der Waals surface area contributed by atoms with Gasteiger partial charge < -0.3 is 9.84 Å². The number of aromatic nitrogens is 2. The number of aliphatic hydroxyl groups excluding tert-OH is 1. The van der Waals surface area contributed by atoms with Crippen LogP contribution < -0.4 is 4.74 Å². The van der Waals surface area contributed by atoms with Crippen LogP contribution in [0.2, 0.25) is 0 Å². The molecule has 0 atom stereocenters. The summed E-state index contributed by atoms with van der Waals surface area (Å²) in [6.45, 7) is 1.50. The highest BCUT2D eigenvalue weighted by Crippen LogP contribution is 2.22. The fraction of sp³-hybridized carbons (Fsp3) is 0.167. The Bertz CT molecular complexity index is 514. The lowest BCUT2D eigenvalue weighted by Crippen LogP contribution is -1.96. The van der Waals surface area contributed by atoms with Gasteiger partial charge in [0.25, 0.3) is 5.88 Å². The molecule has 2 rings (SSSR count). The second-order valence-corrected chi connectivity index (χ2v) is 3.48. The molecule has 1 aromatic carbocycles. The highest BCUT2D eigenvalue weighted by molar-refractivity contribution is 5.30. The summed E-state index contributed by atoms with van der Waals surface area (Å²) in [5, 5.41) is 8.88. The molecule has 0 aliphatic carbocycles. The van der Waals surface area contributed by atoms with Crippen LogP contribution in [0.5, 0.6) is 11.6 Å². The van der Waals surface area contributed by atoms with Crippen LogP contribution in [0.15, 0.2) is 30.6 Å². The second-order valence-electron chi connectivity index (χ2n) is 3.48. The number of aryl methyl sites for hydroxylation is 1. The maximum absolute atomic E-state index is 13.5. The van der Waals surface area contributed by atoms with Crippen molar-refractivity contribution in [1.82, 2.24) is 9.97 Å². The van der Waals surface area contributed by atoms with Crippen molar-refractivity contribution in [2.75, 3.05) is 0 Å². The first kappa shape index (κ1) is 11.5. The van der Waals surface area contributed by atoms with Crippen LogP contribution in [0.4, 0.5) is 4.39 Å². The Balaban J connectivity index is 2.22. The van der Waals surface area contributed by atoms with Crippen LogP contribution in [-0.2, 0) is 6.61 Å². The number of hydrogen-bond acceptors (Lipinski definition) is 4. The number of aliphatic hydroxyl groups is 1. The van der Waals surface area contributed by atoms with Crippen LogP contribution in [0.1, 0.15) is 11.3 Å². The van der Waals surface area contributed by atoms with E-state index in [1.807, 2.05) is 0 Å². The summed E-state index contributed by atoms with van der Waals surface area (Å²) >= 11 is 0. The summed E-state index contributed by atoms with van der Waals surface area (Å²) in [6, 6.07) is 6.67. The lowest BCUT2D eigenvalue weighted by molar-refractivity contribution is 0.281. The first-order valence-corrected chi connectivity index (χ1v) is 5.05. The Kier molecular flexibility index (Phi) is 3.30. The Labute approximate surface area is 97.7 Å². The first-order valence-electron chi connectivity index (χ1n) is 5.05. The molecule has 1 N–H and O–H groups in total. The van der Waals surface area contributed by atoms with Gasteiger partial charge in [0.15, 0.2) is 0 Å². The van der Waals surface area contributed by atoms with Gasteiger partial charge in [-0.15, -0.1) is 0 Å². The largest absolute Gasteiger partial charge is 0.436 e. The number of hydrogen-bond donors (Lipinski definition) is 1. The van der Waals surface area contributed by atoms with E-state index in [1.165, 1.54) is 6.33 Å². The van der Waals surface area contributed by atoms with Gasteiger partial charge in [-0.1, -0.05) is 12.1 Å². The molecule has 0 amide bonds. The molecule has 0 radical (unpaired) electrons. The van der Waals surface area contributed by atoms with Gasteiger partial charge in [-0.2, -0.15) is 9.37 Å².